The molecule has 0 aliphatic rings. The van der Waals surface area contributed by atoms with Crippen molar-refractivity contribution in [3.05, 3.63) is 66.2 Å². The summed E-state index contributed by atoms with van der Waals surface area (Å²) in [5.41, 5.74) is 2.75. The van der Waals surface area contributed by atoms with Crippen LogP contribution in [0.15, 0.2) is 60.7 Å². The number of ketones is 1. The van der Waals surface area contributed by atoms with Crippen molar-refractivity contribution in [3.8, 4) is 5.75 Å². The number of hydrogen-bond donors (Lipinski definition) is 1. The van der Waals surface area contributed by atoms with E-state index in [0.29, 0.717) is 0 Å². The highest BCUT2D eigenvalue weighted by atomic mass is 16.5. The number of hydrogen-bond acceptors (Lipinski definition) is 3. The number of fused-ring (bicyclic) bond motifs is 1. The smallest absolute Gasteiger partial charge is 0.159 e. The first-order chi connectivity index (χ1) is 11.5. The van der Waals surface area contributed by atoms with Gasteiger partial charge >= 0.3 is 0 Å². The Hall–Kier alpha value is -2.81. The van der Waals surface area contributed by atoms with E-state index < -0.39 is 0 Å². The molecule has 3 rings (SSSR count). The molecule has 0 bridgehead atoms. The molecule has 0 fully saturated rings. The maximum Gasteiger partial charge on any atom is 0.159 e. The molecule has 0 saturated carbocycles. The summed E-state index contributed by atoms with van der Waals surface area (Å²) >= 11 is 0. The Labute approximate surface area is 142 Å². The lowest BCUT2D eigenvalue weighted by molar-refractivity contribution is 0.101. The van der Waals surface area contributed by atoms with Crippen molar-refractivity contribution in [1.82, 2.24) is 0 Å². The molecule has 1 N–H and O–H groups in total. The van der Waals surface area contributed by atoms with Gasteiger partial charge in [-0.3, -0.25) is 4.79 Å². The van der Waals surface area contributed by atoms with Crippen LogP contribution in [0.25, 0.3) is 10.8 Å². The fraction of sp³-hybridized carbons (Fsp3) is 0.190. The molecule has 3 aromatic carbocycles. The van der Waals surface area contributed by atoms with Crippen molar-refractivity contribution in [1.29, 1.82) is 0 Å². The van der Waals surface area contributed by atoms with E-state index in [2.05, 4.69) is 11.4 Å². The molecule has 0 aliphatic carbocycles. The van der Waals surface area contributed by atoms with Gasteiger partial charge in [-0.25, -0.2) is 0 Å². The SMILES string of the molecule is CC(=O)c1ccc2cc(Nc3ccc(OC(C)C)cc3)ccc2c1. The Bertz CT molecular complexity index is 867. The predicted octanol–water partition coefficient (Wildman–Crippen LogP) is 5.57. The quantitative estimate of drug-likeness (QED) is 0.624. The molecule has 0 aromatic heterocycles. The fourth-order valence-electron chi connectivity index (χ4n) is 2.60. The second-order valence-electron chi connectivity index (χ2n) is 6.15. The molecule has 3 heteroatoms. The van der Waals surface area contributed by atoms with Crippen molar-refractivity contribution in [2.45, 2.75) is 26.9 Å². The summed E-state index contributed by atoms with van der Waals surface area (Å²) in [5.74, 6) is 0.952. The van der Waals surface area contributed by atoms with Gasteiger partial charge in [-0.1, -0.05) is 18.2 Å². The van der Waals surface area contributed by atoms with E-state index >= 15 is 0 Å². The molecule has 122 valence electrons. The summed E-state index contributed by atoms with van der Waals surface area (Å²) in [6.07, 6.45) is 0.171. The van der Waals surface area contributed by atoms with Crippen molar-refractivity contribution in [3.63, 3.8) is 0 Å². The normalized spacial score (nSPS) is 10.8. The Morgan fingerprint density at radius 1 is 0.875 bits per heavy atom. The van der Waals surface area contributed by atoms with Gasteiger partial charge in [0.2, 0.25) is 0 Å². The Morgan fingerprint density at radius 3 is 2.17 bits per heavy atom. The number of carbonyl (C=O) groups is 1. The van der Waals surface area contributed by atoms with Gasteiger partial charge in [0.25, 0.3) is 0 Å². The summed E-state index contributed by atoms with van der Waals surface area (Å²) in [5, 5.41) is 5.56. The third-order valence-corrected chi connectivity index (χ3v) is 3.76. The molecule has 0 spiro atoms. The first-order valence-corrected chi connectivity index (χ1v) is 8.10. The van der Waals surface area contributed by atoms with Crippen LogP contribution in [-0.4, -0.2) is 11.9 Å². The summed E-state index contributed by atoms with van der Waals surface area (Å²) in [4.78, 5) is 11.5. The number of carbonyl (C=O) groups excluding carboxylic acids is 1. The van der Waals surface area contributed by atoms with Gasteiger partial charge in [0.15, 0.2) is 5.78 Å². The van der Waals surface area contributed by atoms with E-state index in [1.54, 1.807) is 6.92 Å². The van der Waals surface area contributed by atoms with Crippen molar-refractivity contribution < 1.29 is 9.53 Å². The molecule has 24 heavy (non-hydrogen) atoms. The van der Waals surface area contributed by atoms with Crippen molar-refractivity contribution in [2.24, 2.45) is 0 Å². The average Bonchev–Trinajstić information content (AvgIpc) is 2.55. The topological polar surface area (TPSA) is 38.3 Å². The highest BCUT2D eigenvalue weighted by Crippen LogP contribution is 2.25. The summed E-state index contributed by atoms with van der Waals surface area (Å²) in [7, 11) is 0. The van der Waals surface area contributed by atoms with Gasteiger partial charge in [-0.2, -0.15) is 0 Å². The van der Waals surface area contributed by atoms with Gasteiger partial charge in [-0.15, -0.1) is 0 Å². The minimum Gasteiger partial charge on any atom is -0.491 e. The van der Waals surface area contributed by atoms with E-state index in [1.165, 1.54) is 0 Å². The van der Waals surface area contributed by atoms with Crippen molar-refractivity contribution >= 4 is 27.9 Å². The van der Waals surface area contributed by atoms with Gasteiger partial charge in [-0.05, 0) is 74.0 Å². The molecule has 0 amide bonds. The lowest BCUT2D eigenvalue weighted by Gasteiger charge is -2.11. The first-order valence-electron chi connectivity index (χ1n) is 8.10. The maximum atomic E-state index is 11.5. The van der Waals surface area contributed by atoms with Gasteiger partial charge in [0.1, 0.15) is 5.75 Å². The van der Waals surface area contributed by atoms with Crippen LogP contribution in [-0.2, 0) is 0 Å². The Balaban J connectivity index is 1.80. The van der Waals surface area contributed by atoms with E-state index in [9.17, 15) is 4.79 Å². The third-order valence-electron chi connectivity index (χ3n) is 3.76. The number of Topliss-reactive ketones (excluding diaryl/α,β-unsaturated/α-hetero) is 1. The van der Waals surface area contributed by atoms with Crippen LogP contribution in [0.2, 0.25) is 0 Å². The van der Waals surface area contributed by atoms with E-state index in [-0.39, 0.29) is 11.9 Å². The zero-order valence-corrected chi connectivity index (χ0v) is 14.2. The van der Waals surface area contributed by atoms with Crippen LogP contribution in [0.5, 0.6) is 5.75 Å². The summed E-state index contributed by atoms with van der Waals surface area (Å²) < 4.78 is 5.65. The largest absolute Gasteiger partial charge is 0.491 e. The summed E-state index contributed by atoms with van der Waals surface area (Å²) in [6.45, 7) is 5.61. The Kier molecular flexibility index (Phi) is 4.52. The highest BCUT2D eigenvalue weighted by molar-refractivity contribution is 5.99. The lowest BCUT2D eigenvalue weighted by atomic mass is 10.0. The van der Waals surface area contributed by atoms with Crippen LogP contribution in [0, 0.1) is 0 Å². The molecule has 0 heterocycles. The molecule has 3 aromatic rings. The van der Waals surface area contributed by atoms with Crippen molar-refractivity contribution in [2.75, 3.05) is 5.32 Å². The predicted molar refractivity (Wildman–Crippen MR) is 99.4 cm³/mol. The molecule has 3 nitrogen and oxygen atoms in total. The number of ether oxygens (including phenoxy) is 1. The minimum atomic E-state index is 0.0859. The van der Waals surface area contributed by atoms with Crippen LogP contribution in [0.4, 0.5) is 11.4 Å². The average molecular weight is 319 g/mol. The molecule has 0 aliphatic heterocycles. The second kappa shape index (κ2) is 6.75. The van der Waals surface area contributed by atoms with Crippen LogP contribution in [0.1, 0.15) is 31.1 Å². The number of anilines is 2. The molecule has 0 atom stereocenters. The van der Waals surface area contributed by atoms with Crippen LogP contribution < -0.4 is 10.1 Å². The molecule has 0 unspecified atom stereocenters. The molecular formula is C21H21NO2. The van der Waals surface area contributed by atoms with Crippen LogP contribution >= 0.6 is 0 Å². The van der Waals surface area contributed by atoms with Gasteiger partial charge in [0, 0.05) is 16.9 Å². The van der Waals surface area contributed by atoms with E-state index in [4.69, 9.17) is 4.74 Å². The zero-order chi connectivity index (χ0) is 17.1. The zero-order valence-electron chi connectivity index (χ0n) is 14.2. The van der Waals surface area contributed by atoms with E-state index in [1.807, 2.05) is 68.4 Å². The standard InChI is InChI=1S/C21H21NO2/c1-14(2)24-21-10-8-19(9-11-21)22-20-7-6-17-12-16(15(3)23)4-5-18(17)13-20/h4-14,22H,1-3H3. The number of nitrogens with one attached hydrogen (secondary N) is 1. The second-order valence-corrected chi connectivity index (χ2v) is 6.15. The van der Waals surface area contributed by atoms with Crippen LogP contribution in [0.3, 0.4) is 0 Å². The lowest BCUT2D eigenvalue weighted by Crippen LogP contribution is -2.05. The molecule has 0 radical (unpaired) electrons. The maximum absolute atomic E-state index is 11.5. The monoisotopic (exact) mass is 319 g/mol. The summed E-state index contributed by atoms with van der Waals surface area (Å²) in [6, 6.07) is 19.8. The number of benzene rings is 3. The fourth-order valence-corrected chi connectivity index (χ4v) is 2.60. The minimum absolute atomic E-state index is 0.0859. The number of rotatable bonds is 5. The highest BCUT2D eigenvalue weighted by Gasteiger charge is 2.03. The molecule has 0 saturated heterocycles. The first kappa shape index (κ1) is 16.1. The molecular weight excluding hydrogens is 298 g/mol. The Morgan fingerprint density at radius 2 is 1.50 bits per heavy atom. The van der Waals surface area contributed by atoms with Gasteiger partial charge < -0.3 is 10.1 Å². The van der Waals surface area contributed by atoms with Gasteiger partial charge in [0.05, 0.1) is 6.10 Å². The van der Waals surface area contributed by atoms with E-state index in [0.717, 1.165) is 33.5 Å². The third kappa shape index (κ3) is 3.74.